The van der Waals surface area contributed by atoms with Crippen LogP contribution in [-0.2, 0) is 16.1 Å². The Balaban J connectivity index is 2.27. The van der Waals surface area contributed by atoms with Gasteiger partial charge in [-0.1, -0.05) is 28.1 Å². The Morgan fingerprint density at radius 2 is 1.86 bits per heavy atom. The first-order valence-electron chi connectivity index (χ1n) is 8.66. The van der Waals surface area contributed by atoms with Gasteiger partial charge in [0.05, 0.1) is 5.69 Å². The van der Waals surface area contributed by atoms with Crippen LogP contribution in [0.25, 0.3) is 0 Å². The first kappa shape index (κ1) is 21.8. The number of ether oxygens (including phenoxy) is 1. The molecule has 0 aliphatic carbocycles. The van der Waals surface area contributed by atoms with E-state index in [9.17, 15) is 13.6 Å². The molecule has 0 saturated carbocycles. The van der Waals surface area contributed by atoms with Gasteiger partial charge in [-0.3, -0.25) is 9.69 Å². The molecule has 2 aromatic carbocycles. The average molecular weight is 450 g/mol. The minimum absolute atomic E-state index is 0.0707. The molecule has 0 radical (unpaired) electrons. The van der Waals surface area contributed by atoms with E-state index >= 15 is 0 Å². The predicted molar refractivity (Wildman–Crippen MR) is 111 cm³/mol. The third-order valence-corrected chi connectivity index (χ3v) is 4.58. The maximum atomic E-state index is 13.8. The number of halogens is 3. The van der Waals surface area contributed by atoms with Crippen LogP contribution in [0, 0.1) is 25.5 Å². The summed E-state index contributed by atoms with van der Waals surface area (Å²) in [6.45, 7) is 7.38. The van der Waals surface area contributed by atoms with Crippen molar-refractivity contribution < 1.29 is 18.3 Å². The number of hydrogen-bond donors (Lipinski definition) is 0. The van der Waals surface area contributed by atoms with E-state index in [4.69, 9.17) is 4.74 Å². The molecule has 0 spiro atoms. The van der Waals surface area contributed by atoms with Crippen LogP contribution in [0.2, 0.25) is 0 Å². The van der Waals surface area contributed by atoms with E-state index in [1.165, 1.54) is 17.0 Å². The Bertz CT molecular complexity index is 934. The fraction of sp³-hybridized carbons (Fsp3) is 0.227. The second kappa shape index (κ2) is 9.64. The topological polar surface area (TPSA) is 29.5 Å². The molecule has 0 fully saturated rings. The van der Waals surface area contributed by atoms with Crippen molar-refractivity contribution in [1.29, 1.82) is 0 Å². The summed E-state index contributed by atoms with van der Waals surface area (Å²) in [5, 5.41) is 0. The number of carbonyl (C=O) groups is 1. The Kier molecular flexibility index (Phi) is 7.52. The lowest BCUT2D eigenvalue weighted by Gasteiger charge is -2.21. The zero-order valence-corrected chi connectivity index (χ0v) is 17.8. The Labute approximate surface area is 172 Å². The Hall–Kier alpha value is -2.47. The van der Waals surface area contributed by atoms with Gasteiger partial charge in [-0.25, -0.2) is 8.78 Å². The number of benzene rings is 2. The van der Waals surface area contributed by atoms with Crippen LogP contribution in [-0.4, -0.2) is 6.41 Å². The average Bonchev–Trinajstić information content (AvgIpc) is 2.63. The normalized spacial score (nSPS) is 12.5. The van der Waals surface area contributed by atoms with Gasteiger partial charge in [-0.15, -0.1) is 0 Å². The molecule has 0 atom stereocenters. The first-order valence-corrected chi connectivity index (χ1v) is 9.45. The fourth-order valence-electron chi connectivity index (χ4n) is 2.60. The molecule has 0 aromatic heterocycles. The van der Waals surface area contributed by atoms with E-state index in [1.54, 1.807) is 19.9 Å². The predicted octanol–water partition coefficient (Wildman–Crippen LogP) is 6.29. The lowest BCUT2D eigenvalue weighted by atomic mass is 10.1. The SMILES string of the molecule is C/C(=C/C(OCc1ccc(F)cc1F)=C(\C)Br)N(C=O)c1cc(C)ccc1C. The van der Waals surface area contributed by atoms with Crippen molar-refractivity contribution in [3.63, 3.8) is 0 Å². The summed E-state index contributed by atoms with van der Waals surface area (Å²) >= 11 is 3.38. The molecule has 3 nitrogen and oxygen atoms in total. The highest BCUT2D eigenvalue weighted by molar-refractivity contribution is 9.11. The molecule has 0 N–H and O–H groups in total. The summed E-state index contributed by atoms with van der Waals surface area (Å²) < 4.78 is 33.3. The molecule has 0 bridgehead atoms. The molecule has 2 aromatic rings. The number of rotatable bonds is 7. The van der Waals surface area contributed by atoms with Gasteiger partial charge < -0.3 is 4.74 Å². The number of aryl methyl sites for hydroxylation is 2. The summed E-state index contributed by atoms with van der Waals surface area (Å²) in [6, 6.07) is 9.21. The molecule has 0 saturated heterocycles. The highest BCUT2D eigenvalue weighted by Crippen LogP contribution is 2.26. The van der Waals surface area contributed by atoms with Crippen LogP contribution in [0.3, 0.4) is 0 Å². The monoisotopic (exact) mass is 449 g/mol. The van der Waals surface area contributed by atoms with Crippen molar-refractivity contribution in [3.05, 3.63) is 86.7 Å². The molecule has 0 aliphatic rings. The maximum absolute atomic E-state index is 13.8. The van der Waals surface area contributed by atoms with Gasteiger partial charge in [0.2, 0.25) is 6.41 Å². The molecule has 28 heavy (non-hydrogen) atoms. The van der Waals surface area contributed by atoms with Crippen LogP contribution in [0.1, 0.15) is 30.5 Å². The first-order chi connectivity index (χ1) is 13.2. The van der Waals surface area contributed by atoms with Gasteiger partial charge >= 0.3 is 0 Å². The minimum atomic E-state index is -0.669. The molecule has 0 unspecified atom stereocenters. The summed E-state index contributed by atoms with van der Waals surface area (Å²) in [4.78, 5) is 13.3. The van der Waals surface area contributed by atoms with E-state index < -0.39 is 11.6 Å². The van der Waals surface area contributed by atoms with Crippen molar-refractivity contribution in [2.75, 3.05) is 4.90 Å². The van der Waals surface area contributed by atoms with Gasteiger partial charge in [0.25, 0.3) is 0 Å². The van der Waals surface area contributed by atoms with E-state index in [0.29, 0.717) is 15.9 Å². The highest BCUT2D eigenvalue weighted by atomic mass is 79.9. The molecular formula is C22H22BrF2NO2. The molecule has 2 rings (SSSR count). The molecule has 0 aliphatic heterocycles. The lowest BCUT2D eigenvalue weighted by Crippen LogP contribution is -2.20. The quantitative estimate of drug-likeness (QED) is 0.282. The number of carbonyl (C=O) groups excluding carboxylic acids is 1. The summed E-state index contributed by atoms with van der Waals surface area (Å²) in [5.41, 5.74) is 3.65. The van der Waals surface area contributed by atoms with Crippen molar-refractivity contribution in [3.8, 4) is 0 Å². The van der Waals surface area contributed by atoms with Crippen LogP contribution >= 0.6 is 15.9 Å². The summed E-state index contributed by atoms with van der Waals surface area (Å²) in [5.74, 6) is -0.866. The zero-order valence-electron chi connectivity index (χ0n) is 16.2. The molecule has 148 valence electrons. The highest BCUT2D eigenvalue weighted by Gasteiger charge is 2.13. The molecule has 1 amide bonds. The third kappa shape index (κ3) is 5.52. The van der Waals surface area contributed by atoms with Gasteiger partial charge in [0.15, 0.2) is 0 Å². The number of nitrogens with zero attached hydrogens (tertiary/aromatic N) is 1. The zero-order chi connectivity index (χ0) is 20.8. The minimum Gasteiger partial charge on any atom is -0.488 e. The number of amides is 1. The number of anilines is 1. The van der Waals surface area contributed by atoms with Crippen LogP contribution < -0.4 is 4.90 Å². The summed E-state index contributed by atoms with van der Waals surface area (Å²) in [7, 11) is 0. The van der Waals surface area contributed by atoms with E-state index in [1.807, 2.05) is 32.0 Å². The smallest absolute Gasteiger partial charge is 0.218 e. The van der Waals surface area contributed by atoms with Crippen molar-refractivity contribution in [2.24, 2.45) is 0 Å². The second-order valence-corrected chi connectivity index (χ2v) is 7.66. The van der Waals surface area contributed by atoms with Gasteiger partial charge in [0.1, 0.15) is 24.0 Å². The Morgan fingerprint density at radius 1 is 1.14 bits per heavy atom. The van der Waals surface area contributed by atoms with Crippen molar-refractivity contribution >= 4 is 28.0 Å². The maximum Gasteiger partial charge on any atom is 0.218 e. The largest absolute Gasteiger partial charge is 0.488 e. The third-order valence-electron chi connectivity index (χ3n) is 4.19. The number of allylic oxidation sites excluding steroid dienone is 3. The van der Waals surface area contributed by atoms with Crippen molar-refractivity contribution in [2.45, 2.75) is 34.3 Å². The molecule has 0 heterocycles. The van der Waals surface area contributed by atoms with Crippen LogP contribution in [0.15, 0.2) is 58.4 Å². The lowest BCUT2D eigenvalue weighted by molar-refractivity contribution is -0.107. The fourth-order valence-corrected chi connectivity index (χ4v) is 2.83. The van der Waals surface area contributed by atoms with E-state index in [2.05, 4.69) is 15.9 Å². The standard InChI is InChI=1S/C22H22BrF2NO2/c1-14-5-6-15(2)21(9-14)26(13-27)16(3)10-22(17(4)23)28-12-18-7-8-19(24)11-20(18)25/h5-11,13H,12H2,1-4H3/b16-10-,22-17-. The molecular weight excluding hydrogens is 428 g/mol. The van der Waals surface area contributed by atoms with Crippen LogP contribution in [0.5, 0.6) is 0 Å². The molecule has 6 heteroatoms. The summed E-state index contributed by atoms with van der Waals surface area (Å²) in [6.07, 6.45) is 2.44. The van der Waals surface area contributed by atoms with Crippen LogP contribution in [0.4, 0.5) is 14.5 Å². The number of hydrogen-bond acceptors (Lipinski definition) is 2. The van der Waals surface area contributed by atoms with Gasteiger partial charge in [-0.05, 0) is 57.0 Å². The Morgan fingerprint density at radius 3 is 2.46 bits per heavy atom. The van der Waals surface area contributed by atoms with Gasteiger partial charge in [-0.2, -0.15) is 0 Å². The van der Waals surface area contributed by atoms with Gasteiger partial charge in [0, 0.05) is 27.9 Å². The van der Waals surface area contributed by atoms with E-state index in [-0.39, 0.29) is 12.2 Å². The van der Waals surface area contributed by atoms with E-state index in [0.717, 1.165) is 29.3 Å². The van der Waals surface area contributed by atoms with Crippen molar-refractivity contribution in [1.82, 2.24) is 0 Å². The second-order valence-electron chi connectivity index (χ2n) is 6.47.